The molecule has 9 heteroatoms. The minimum absolute atomic E-state index is 0.0359. The molecule has 27 heavy (non-hydrogen) atoms. The number of amides is 1. The van der Waals surface area contributed by atoms with Gasteiger partial charge in [0.1, 0.15) is 5.69 Å². The van der Waals surface area contributed by atoms with Gasteiger partial charge in [-0.15, -0.1) is 5.10 Å². The summed E-state index contributed by atoms with van der Waals surface area (Å²) < 4.78 is 40.6. The SMILES string of the molecule is C[C@H](O)c1cn(C2CN(C(=O)C3(c4cccc(C(F)(F)F)c4)CC3)C2)nn1. The van der Waals surface area contributed by atoms with Gasteiger partial charge < -0.3 is 10.0 Å². The van der Waals surface area contributed by atoms with Crippen molar-refractivity contribution in [3.05, 3.63) is 47.3 Å². The summed E-state index contributed by atoms with van der Waals surface area (Å²) in [5, 5.41) is 17.4. The van der Waals surface area contributed by atoms with E-state index in [4.69, 9.17) is 0 Å². The number of likely N-dealkylation sites (tertiary alicyclic amines) is 1. The van der Waals surface area contributed by atoms with Crippen LogP contribution in [-0.2, 0) is 16.4 Å². The summed E-state index contributed by atoms with van der Waals surface area (Å²) in [7, 11) is 0. The number of benzene rings is 1. The average molecular weight is 380 g/mol. The van der Waals surface area contributed by atoms with Gasteiger partial charge in [0.25, 0.3) is 0 Å². The summed E-state index contributed by atoms with van der Waals surface area (Å²) in [6.07, 6.45) is -2.37. The molecule has 0 unspecified atom stereocenters. The van der Waals surface area contributed by atoms with E-state index in [1.165, 1.54) is 6.07 Å². The Bertz CT molecular complexity index is 867. The second kappa shape index (κ2) is 6.05. The van der Waals surface area contributed by atoms with Crippen molar-refractivity contribution in [1.29, 1.82) is 0 Å². The predicted molar refractivity (Wildman–Crippen MR) is 88.6 cm³/mol. The number of aromatic nitrogens is 3. The number of carbonyl (C=O) groups is 1. The molecule has 1 amide bonds. The summed E-state index contributed by atoms with van der Waals surface area (Å²) in [5.41, 5.74) is -0.668. The highest BCUT2D eigenvalue weighted by atomic mass is 19.4. The maximum absolute atomic E-state index is 13.0. The zero-order valence-corrected chi connectivity index (χ0v) is 14.6. The van der Waals surface area contributed by atoms with E-state index in [1.807, 2.05) is 0 Å². The zero-order valence-electron chi connectivity index (χ0n) is 14.6. The highest BCUT2D eigenvalue weighted by molar-refractivity contribution is 5.92. The van der Waals surface area contributed by atoms with Gasteiger partial charge in [0.05, 0.1) is 29.3 Å². The number of halogens is 3. The summed E-state index contributed by atoms with van der Waals surface area (Å²) in [5.74, 6) is -0.131. The summed E-state index contributed by atoms with van der Waals surface area (Å²) in [6.45, 7) is 2.46. The molecule has 144 valence electrons. The normalized spacial score (nSPS) is 20.3. The second-order valence-corrected chi connectivity index (χ2v) is 7.32. The molecule has 1 atom stereocenters. The van der Waals surface area contributed by atoms with Crippen LogP contribution < -0.4 is 0 Å². The molecule has 1 aromatic heterocycles. The molecular formula is C18H19F3N4O2. The van der Waals surface area contributed by atoms with Crippen molar-refractivity contribution in [3.63, 3.8) is 0 Å². The molecule has 0 bridgehead atoms. The third kappa shape index (κ3) is 3.09. The van der Waals surface area contributed by atoms with E-state index in [-0.39, 0.29) is 11.9 Å². The minimum atomic E-state index is -4.42. The van der Waals surface area contributed by atoms with Crippen LogP contribution in [0.5, 0.6) is 0 Å². The summed E-state index contributed by atoms with van der Waals surface area (Å²) >= 11 is 0. The van der Waals surface area contributed by atoms with Crippen LogP contribution in [0.1, 0.15) is 48.7 Å². The molecule has 1 aliphatic heterocycles. The van der Waals surface area contributed by atoms with Crippen molar-refractivity contribution >= 4 is 5.91 Å². The Morgan fingerprint density at radius 1 is 1.33 bits per heavy atom. The Morgan fingerprint density at radius 2 is 2.04 bits per heavy atom. The maximum atomic E-state index is 13.0. The molecule has 4 rings (SSSR count). The van der Waals surface area contributed by atoms with Gasteiger partial charge in [-0.2, -0.15) is 13.2 Å². The first-order chi connectivity index (χ1) is 12.7. The Morgan fingerprint density at radius 3 is 2.59 bits per heavy atom. The van der Waals surface area contributed by atoms with Crippen LogP contribution >= 0.6 is 0 Å². The molecule has 1 saturated carbocycles. The van der Waals surface area contributed by atoms with Gasteiger partial charge in [0, 0.05) is 13.1 Å². The quantitative estimate of drug-likeness (QED) is 0.885. The standard InChI is InChI=1S/C18H19F3N4O2/c1-11(26)15-10-25(23-22-15)14-8-24(9-14)16(27)17(5-6-17)12-3-2-4-13(7-12)18(19,20)21/h2-4,7,10-11,14,26H,5-6,8-9H2,1H3/t11-/m0/s1. The lowest BCUT2D eigenvalue weighted by Crippen LogP contribution is -2.54. The molecule has 2 heterocycles. The number of alkyl halides is 3. The van der Waals surface area contributed by atoms with Gasteiger partial charge in [-0.05, 0) is 31.4 Å². The first kappa shape index (κ1) is 18.0. The first-order valence-electron chi connectivity index (χ1n) is 8.78. The van der Waals surface area contributed by atoms with E-state index in [0.717, 1.165) is 12.1 Å². The average Bonchev–Trinajstić information content (AvgIpc) is 3.24. The molecule has 2 aromatic rings. The highest BCUT2D eigenvalue weighted by Crippen LogP contribution is 2.51. The number of aliphatic hydroxyl groups is 1. The fourth-order valence-corrected chi connectivity index (χ4v) is 3.50. The molecule has 1 aliphatic carbocycles. The van der Waals surface area contributed by atoms with Crippen LogP contribution in [0.15, 0.2) is 30.5 Å². The first-order valence-corrected chi connectivity index (χ1v) is 8.78. The number of rotatable bonds is 4. The fourth-order valence-electron chi connectivity index (χ4n) is 3.50. The van der Waals surface area contributed by atoms with Crippen LogP contribution in [0.25, 0.3) is 0 Å². The molecule has 1 saturated heterocycles. The van der Waals surface area contributed by atoms with Crippen LogP contribution in [0.4, 0.5) is 13.2 Å². The summed E-state index contributed by atoms with van der Waals surface area (Å²) in [4.78, 5) is 14.6. The lowest BCUT2D eigenvalue weighted by molar-refractivity contribution is -0.141. The predicted octanol–water partition coefficient (Wildman–Crippen LogP) is 2.47. The van der Waals surface area contributed by atoms with Crippen LogP contribution in [0, 0.1) is 0 Å². The highest BCUT2D eigenvalue weighted by Gasteiger charge is 2.55. The third-order valence-electron chi connectivity index (χ3n) is 5.38. The Hall–Kier alpha value is -2.42. The molecular weight excluding hydrogens is 361 g/mol. The van der Waals surface area contributed by atoms with E-state index in [0.29, 0.717) is 37.2 Å². The second-order valence-electron chi connectivity index (χ2n) is 7.32. The molecule has 0 radical (unpaired) electrons. The number of aliphatic hydroxyl groups excluding tert-OH is 1. The zero-order chi connectivity index (χ0) is 19.4. The van der Waals surface area contributed by atoms with Crippen LogP contribution in [0.3, 0.4) is 0 Å². The number of hydrogen-bond acceptors (Lipinski definition) is 4. The molecule has 1 N–H and O–H groups in total. The number of nitrogens with zero attached hydrogens (tertiary/aromatic N) is 4. The van der Waals surface area contributed by atoms with Crippen molar-refractivity contribution < 1.29 is 23.1 Å². The largest absolute Gasteiger partial charge is 0.416 e. The van der Waals surface area contributed by atoms with Crippen molar-refractivity contribution in [2.24, 2.45) is 0 Å². The lowest BCUT2D eigenvalue weighted by Gasteiger charge is -2.41. The molecule has 1 aromatic carbocycles. The molecule has 0 spiro atoms. The smallest absolute Gasteiger partial charge is 0.387 e. The summed E-state index contributed by atoms with van der Waals surface area (Å²) in [6, 6.07) is 5.04. The molecule has 6 nitrogen and oxygen atoms in total. The van der Waals surface area contributed by atoms with Gasteiger partial charge in [-0.3, -0.25) is 4.79 Å². The van der Waals surface area contributed by atoms with Gasteiger partial charge in [0.15, 0.2) is 0 Å². The Labute approximate surface area is 153 Å². The topological polar surface area (TPSA) is 71.2 Å². The maximum Gasteiger partial charge on any atom is 0.416 e. The Balaban J connectivity index is 1.46. The van der Waals surface area contributed by atoms with E-state index >= 15 is 0 Å². The minimum Gasteiger partial charge on any atom is -0.387 e. The molecule has 2 aliphatic rings. The van der Waals surface area contributed by atoms with E-state index in [2.05, 4.69) is 10.3 Å². The van der Waals surface area contributed by atoms with Gasteiger partial charge in [-0.25, -0.2) is 4.68 Å². The van der Waals surface area contributed by atoms with E-state index in [9.17, 15) is 23.1 Å². The fraction of sp³-hybridized carbons (Fsp3) is 0.500. The third-order valence-corrected chi connectivity index (χ3v) is 5.38. The number of carbonyl (C=O) groups excluding carboxylic acids is 1. The van der Waals surface area contributed by atoms with Crippen molar-refractivity contribution in [3.8, 4) is 0 Å². The lowest BCUT2D eigenvalue weighted by atomic mass is 9.91. The van der Waals surface area contributed by atoms with Crippen LogP contribution in [0.2, 0.25) is 0 Å². The molecule has 2 fully saturated rings. The Kier molecular flexibility index (Phi) is 4.03. The van der Waals surface area contributed by atoms with Crippen molar-refractivity contribution in [1.82, 2.24) is 19.9 Å². The van der Waals surface area contributed by atoms with Crippen molar-refractivity contribution in [2.75, 3.05) is 13.1 Å². The number of hydrogen-bond donors (Lipinski definition) is 1. The van der Waals surface area contributed by atoms with E-state index < -0.39 is 23.3 Å². The van der Waals surface area contributed by atoms with Gasteiger partial charge in [-0.1, -0.05) is 23.4 Å². The van der Waals surface area contributed by atoms with Gasteiger partial charge >= 0.3 is 6.18 Å². The van der Waals surface area contributed by atoms with Gasteiger partial charge in [0.2, 0.25) is 5.91 Å². The van der Waals surface area contributed by atoms with Crippen LogP contribution in [-0.4, -0.2) is 44.0 Å². The van der Waals surface area contributed by atoms with Crippen molar-refractivity contribution in [2.45, 2.75) is 43.5 Å². The monoisotopic (exact) mass is 380 g/mol. The van der Waals surface area contributed by atoms with E-state index in [1.54, 1.807) is 28.8 Å².